The van der Waals surface area contributed by atoms with Crippen molar-refractivity contribution in [3.63, 3.8) is 0 Å². The van der Waals surface area contributed by atoms with Crippen LogP contribution in [0, 0.1) is 11.3 Å². The van der Waals surface area contributed by atoms with Crippen molar-refractivity contribution in [1.82, 2.24) is 15.3 Å². The van der Waals surface area contributed by atoms with E-state index in [1.54, 1.807) is 20.8 Å². The summed E-state index contributed by atoms with van der Waals surface area (Å²) < 4.78 is 0.251. The molecule has 15 heteroatoms. The zero-order valence-corrected chi connectivity index (χ0v) is 21.7. The number of nitrogens with zero attached hydrogens (tertiary/aromatic N) is 3. The topological polar surface area (TPSA) is 241 Å². The third kappa shape index (κ3) is 6.61. The van der Waals surface area contributed by atoms with Crippen molar-refractivity contribution in [1.29, 1.82) is 0 Å². The number of carbonyl (C=O) groups is 6. The molecule has 1 aliphatic rings. The van der Waals surface area contributed by atoms with Crippen LogP contribution in [0.4, 0.5) is 0 Å². The molecule has 1 aromatic heterocycles. The van der Waals surface area contributed by atoms with Gasteiger partial charge in [0.25, 0.3) is 6.21 Å². The van der Waals surface area contributed by atoms with Gasteiger partial charge in [-0.3, -0.25) is 14.4 Å². The van der Waals surface area contributed by atoms with Crippen molar-refractivity contribution in [3.05, 3.63) is 29.6 Å². The molecule has 15 nitrogen and oxygen atoms in total. The Kier molecular flexibility index (Phi) is 9.60. The fourth-order valence-corrected chi connectivity index (χ4v) is 4.62. The summed E-state index contributed by atoms with van der Waals surface area (Å²) in [7, 11) is 0. The lowest BCUT2D eigenvalue weighted by Gasteiger charge is -2.41. The summed E-state index contributed by atoms with van der Waals surface area (Å²) in [5.74, 6) is -8.99. The molecule has 1 unspecified atom stereocenters. The number of hydrazone groups is 1. The molecule has 3 atom stereocenters. The van der Waals surface area contributed by atoms with Crippen LogP contribution in [0.3, 0.4) is 0 Å². The van der Waals surface area contributed by atoms with E-state index in [0.29, 0.717) is 11.8 Å². The van der Waals surface area contributed by atoms with Gasteiger partial charge in [0, 0.05) is 25.1 Å². The van der Waals surface area contributed by atoms with Crippen LogP contribution >= 0.6 is 0 Å². The van der Waals surface area contributed by atoms with E-state index in [2.05, 4.69) is 4.98 Å². The maximum Gasteiger partial charge on any atom is 0.466 e. The number of carboxylic acid groups (broad SMARTS) is 3. The predicted molar refractivity (Wildman–Crippen MR) is 131 cm³/mol. The van der Waals surface area contributed by atoms with Gasteiger partial charge < -0.3 is 31.1 Å². The van der Waals surface area contributed by atoms with E-state index in [1.807, 2.05) is 5.43 Å². The van der Waals surface area contributed by atoms with E-state index in [9.17, 15) is 44.1 Å². The lowest BCUT2D eigenvalue weighted by atomic mass is 9.68. The molecule has 0 spiro atoms. The Bertz CT molecular complexity index is 1190. The Balaban J connectivity index is 2.54. The second-order valence-corrected chi connectivity index (χ2v) is 10.1. The lowest BCUT2D eigenvalue weighted by Crippen LogP contribution is -2.69. The first-order valence-corrected chi connectivity index (χ1v) is 11.9. The number of nitrogens with two attached hydrogens (primary N) is 1. The number of aromatic nitrogens is 1. The molecule has 1 saturated heterocycles. The molecule has 0 aliphatic carbocycles. The fourth-order valence-electron chi connectivity index (χ4n) is 4.62. The molecule has 1 fully saturated rings. The molecule has 0 aromatic carbocycles. The molecule has 2 rings (SSSR count). The highest BCUT2D eigenvalue weighted by Gasteiger charge is 2.66. The van der Waals surface area contributed by atoms with Crippen LogP contribution in [0.5, 0.6) is 0 Å². The predicted octanol–water partition coefficient (Wildman–Crippen LogP) is -1.52. The van der Waals surface area contributed by atoms with Crippen LogP contribution in [0.25, 0.3) is 0 Å². The van der Waals surface area contributed by atoms with Gasteiger partial charge in [-0.2, -0.15) is 0 Å². The second kappa shape index (κ2) is 12.1. The fraction of sp³-hybridized carbons (Fsp3) is 0.500. The van der Waals surface area contributed by atoms with E-state index in [0.717, 1.165) is 4.90 Å². The first-order chi connectivity index (χ1) is 18.1. The highest BCUT2D eigenvalue weighted by Crippen LogP contribution is 2.46. The van der Waals surface area contributed by atoms with Gasteiger partial charge >= 0.3 is 29.7 Å². The molecule has 1 aliphatic heterocycles. The molecule has 39 heavy (non-hydrogen) atoms. The van der Waals surface area contributed by atoms with Crippen molar-refractivity contribution in [2.24, 2.45) is 17.1 Å². The number of likely N-dealkylation sites (tertiary alicyclic amines) is 1. The van der Waals surface area contributed by atoms with Crippen LogP contribution in [0.1, 0.15) is 49.7 Å². The van der Waals surface area contributed by atoms with Gasteiger partial charge in [0.2, 0.25) is 11.4 Å². The summed E-state index contributed by atoms with van der Waals surface area (Å²) in [5.41, 5.74) is 4.34. The number of aliphatic hydroxyl groups is 1. The third-order valence-corrected chi connectivity index (χ3v) is 6.42. The monoisotopic (exact) mass is 550 g/mol. The highest BCUT2D eigenvalue weighted by molar-refractivity contribution is 6.21. The van der Waals surface area contributed by atoms with Crippen molar-refractivity contribution >= 4 is 41.8 Å². The molecule has 212 valence electrons. The number of hydrogen-bond acceptors (Lipinski definition) is 9. The summed E-state index contributed by atoms with van der Waals surface area (Å²) >= 11 is 0. The number of carbonyl (C=O) groups excluding carboxylic acids is 3. The van der Waals surface area contributed by atoms with Gasteiger partial charge in [0.15, 0.2) is 5.69 Å². The first-order valence-electron chi connectivity index (χ1n) is 11.9. The number of hydrazine groups is 1. The summed E-state index contributed by atoms with van der Waals surface area (Å²) in [6.07, 6.45) is 1.49. The second-order valence-electron chi connectivity index (χ2n) is 10.1. The Hall–Kier alpha value is -4.24. The molecular formula is C24H32N5O10+. The third-order valence-electron chi connectivity index (χ3n) is 6.42. The maximum absolute atomic E-state index is 13.8. The highest BCUT2D eigenvalue weighted by atomic mass is 16.4. The molecule has 0 radical (unpaired) electrons. The minimum atomic E-state index is -2.61. The van der Waals surface area contributed by atoms with Crippen molar-refractivity contribution in [3.8, 4) is 0 Å². The quantitative estimate of drug-likeness (QED) is 0.0888. The zero-order chi connectivity index (χ0) is 29.7. The number of carboxylic acids is 3. The van der Waals surface area contributed by atoms with E-state index in [1.165, 1.54) is 18.3 Å². The average Bonchev–Trinajstić information content (AvgIpc) is 3.28. The largest absolute Gasteiger partial charge is 0.481 e. The van der Waals surface area contributed by atoms with E-state index >= 15 is 0 Å². The molecule has 0 saturated carbocycles. The molecule has 3 amide bonds. The van der Waals surface area contributed by atoms with Crippen molar-refractivity contribution in [2.45, 2.75) is 51.6 Å². The van der Waals surface area contributed by atoms with Gasteiger partial charge in [-0.25, -0.2) is 19.4 Å². The number of aryl methyl sites for hydroxylation is 1. The number of amides is 3. The zero-order valence-electron chi connectivity index (χ0n) is 21.7. The molecule has 0 bridgehead atoms. The normalized spacial score (nSPS) is 20.3. The SMILES string of the molecule is CC(C)(C)C1CCN(C(=O)[C@@H](N)CO)[C@@]1(C(=O)O)C(=O)N[N+](=CC(=O)O)C(=O)c1ccc(CCC(=O)O)cn1. The van der Waals surface area contributed by atoms with E-state index in [4.69, 9.17) is 10.8 Å². The van der Waals surface area contributed by atoms with Crippen LogP contribution in [-0.2, 0) is 30.4 Å². The Morgan fingerprint density at radius 1 is 1.21 bits per heavy atom. The van der Waals surface area contributed by atoms with Crippen molar-refractivity contribution < 1.29 is 53.9 Å². The van der Waals surface area contributed by atoms with Crippen LogP contribution in [0.15, 0.2) is 18.3 Å². The smallest absolute Gasteiger partial charge is 0.466 e. The Morgan fingerprint density at radius 3 is 2.31 bits per heavy atom. The van der Waals surface area contributed by atoms with E-state index < -0.39 is 65.1 Å². The first kappa shape index (κ1) is 31.0. The van der Waals surface area contributed by atoms with Gasteiger partial charge in [-0.1, -0.05) is 26.8 Å². The Morgan fingerprint density at radius 2 is 1.85 bits per heavy atom. The molecular weight excluding hydrogens is 518 g/mol. The number of aliphatic hydroxyl groups excluding tert-OH is 1. The summed E-state index contributed by atoms with van der Waals surface area (Å²) in [6, 6.07) is 1.05. The van der Waals surface area contributed by atoms with Gasteiger partial charge in [0.05, 0.1) is 6.61 Å². The minimum absolute atomic E-state index is 0.0586. The number of rotatable bonds is 9. The van der Waals surface area contributed by atoms with Gasteiger partial charge in [-0.05, 0) is 34.6 Å². The van der Waals surface area contributed by atoms with Gasteiger partial charge in [0.1, 0.15) is 6.04 Å². The van der Waals surface area contributed by atoms with Crippen molar-refractivity contribution in [2.75, 3.05) is 13.2 Å². The lowest BCUT2D eigenvalue weighted by molar-refractivity contribution is -0.476. The molecule has 2 heterocycles. The number of pyridine rings is 1. The summed E-state index contributed by atoms with van der Waals surface area (Å²) in [5, 5.41) is 37.9. The number of hydrogen-bond donors (Lipinski definition) is 6. The van der Waals surface area contributed by atoms with Gasteiger partial charge in [-0.15, -0.1) is 5.43 Å². The molecule has 7 N–H and O–H groups in total. The minimum Gasteiger partial charge on any atom is -0.481 e. The number of nitrogens with one attached hydrogen (secondary N) is 1. The number of aliphatic carboxylic acids is 3. The summed E-state index contributed by atoms with van der Waals surface area (Å²) in [4.78, 5) is 79.5. The van der Waals surface area contributed by atoms with Crippen LogP contribution < -0.4 is 11.2 Å². The Labute approximate surface area is 222 Å². The summed E-state index contributed by atoms with van der Waals surface area (Å²) in [6.45, 7) is 3.95. The average molecular weight is 551 g/mol. The molecule has 1 aromatic rings. The standard InChI is InChI=1S/C24H31N5O10/c1-23(2,3)16-8-9-28(19(35)14(25)12-30)24(16,22(38)39)21(37)27-29(11-18(33)34)20(36)15-6-4-13(10-26-15)5-7-17(31)32/h4,6,10-11,14,16,30H,5,7-9,12,25H2,1-3H3,(H3-,27,31,32,33,34,37,38,39)/p+1/t14-,16?,24+/m0/s1. The van der Waals surface area contributed by atoms with Crippen LogP contribution in [-0.4, -0.2) is 102 Å². The van der Waals surface area contributed by atoms with Crippen LogP contribution in [0.2, 0.25) is 0 Å². The van der Waals surface area contributed by atoms with E-state index in [-0.39, 0.29) is 36.2 Å². The maximum atomic E-state index is 13.8.